The number of alkyl halides is 3. The molecule has 0 amide bonds. The predicted molar refractivity (Wildman–Crippen MR) is 119 cm³/mol. The number of guanidine groups is 1. The molecular formula is C20H29F3IN3O2. The van der Waals surface area contributed by atoms with Crippen molar-refractivity contribution >= 4 is 29.9 Å². The van der Waals surface area contributed by atoms with Crippen LogP contribution in [0.5, 0.6) is 5.75 Å². The van der Waals surface area contributed by atoms with E-state index < -0.39 is 11.7 Å². The molecule has 0 saturated carbocycles. The third kappa shape index (κ3) is 9.24. The lowest BCUT2D eigenvalue weighted by Crippen LogP contribution is -2.42. The lowest BCUT2D eigenvalue weighted by molar-refractivity contribution is -0.137. The van der Waals surface area contributed by atoms with E-state index in [0.29, 0.717) is 25.5 Å². The summed E-state index contributed by atoms with van der Waals surface area (Å²) < 4.78 is 49.5. The highest BCUT2D eigenvalue weighted by molar-refractivity contribution is 14.0. The minimum atomic E-state index is -4.38. The van der Waals surface area contributed by atoms with Gasteiger partial charge < -0.3 is 20.1 Å². The summed E-state index contributed by atoms with van der Waals surface area (Å²) in [6, 6.07) is 4.94. The van der Waals surface area contributed by atoms with Gasteiger partial charge in [0.1, 0.15) is 11.9 Å². The Morgan fingerprint density at radius 3 is 2.72 bits per heavy atom. The summed E-state index contributed by atoms with van der Waals surface area (Å²) in [6.07, 6.45) is -0.0334. The van der Waals surface area contributed by atoms with Crippen molar-refractivity contribution in [1.29, 1.82) is 0 Å². The molecular weight excluding hydrogens is 498 g/mol. The molecule has 0 bridgehead atoms. The van der Waals surface area contributed by atoms with Gasteiger partial charge in [0.05, 0.1) is 25.3 Å². The molecule has 1 unspecified atom stereocenters. The molecule has 1 aliphatic heterocycles. The van der Waals surface area contributed by atoms with Gasteiger partial charge in [-0.15, -0.1) is 24.0 Å². The van der Waals surface area contributed by atoms with Crippen LogP contribution in [-0.2, 0) is 10.9 Å². The van der Waals surface area contributed by atoms with E-state index in [1.807, 2.05) is 6.92 Å². The number of hydrogen-bond donors (Lipinski definition) is 2. The molecule has 164 valence electrons. The fraction of sp³-hybridized carbons (Fsp3) is 0.550. The summed E-state index contributed by atoms with van der Waals surface area (Å²) in [4.78, 5) is 4.18. The van der Waals surface area contributed by atoms with Crippen molar-refractivity contribution in [1.82, 2.24) is 10.6 Å². The van der Waals surface area contributed by atoms with Crippen molar-refractivity contribution < 1.29 is 22.6 Å². The molecule has 1 atom stereocenters. The van der Waals surface area contributed by atoms with E-state index in [0.717, 1.165) is 38.1 Å². The molecule has 9 heteroatoms. The summed E-state index contributed by atoms with van der Waals surface area (Å²) in [5.41, 5.74) is 0.654. The van der Waals surface area contributed by atoms with Gasteiger partial charge in [0.15, 0.2) is 5.96 Å². The van der Waals surface area contributed by atoms with Crippen LogP contribution in [0.4, 0.5) is 13.2 Å². The second-order valence-corrected chi connectivity index (χ2v) is 6.49. The minimum Gasteiger partial charge on any atom is -0.489 e. The summed E-state index contributed by atoms with van der Waals surface area (Å²) >= 11 is 0. The first-order chi connectivity index (χ1) is 13.4. The Labute approximate surface area is 187 Å². The van der Waals surface area contributed by atoms with E-state index in [1.54, 1.807) is 7.05 Å². The minimum absolute atomic E-state index is 0. The van der Waals surface area contributed by atoms with Crippen LogP contribution in [-0.4, -0.2) is 45.4 Å². The zero-order valence-corrected chi connectivity index (χ0v) is 19.1. The Hall–Kier alpha value is -1.49. The van der Waals surface area contributed by atoms with E-state index in [9.17, 15) is 13.2 Å². The molecule has 0 spiro atoms. The summed E-state index contributed by atoms with van der Waals surface area (Å²) in [6.45, 7) is 4.55. The Morgan fingerprint density at radius 2 is 2.10 bits per heavy atom. The van der Waals surface area contributed by atoms with Crippen LogP contribution in [0.25, 0.3) is 0 Å². The quantitative estimate of drug-likeness (QED) is 0.228. The molecule has 1 heterocycles. The number of hydrogen-bond acceptors (Lipinski definition) is 3. The van der Waals surface area contributed by atoms with E-state index in [1.165, 1.54) is 17.7 Å². The lowest BCUT2D eigenvalue weighted by atomic mass is 10.1. The predicted octanol–water partition coefficient (Wildman–Crippen LogP) is 4.38. The van der Waals surface area contributed by atoms with Crippen LogP contribution in [0.3, 0.4) is 0 Å². The molecule has 1 aromatic carbocycles. The van der Waals surface area contributed by atoms with Crippen LogP contribution in [0, 0.1) is 0 Å². The molecule has 0 fully saturated rings. The van der Waals surface area contributed by atoms with Gasteiger partial charge >= 0.3 is 6.18 Å². The fourth-order valence-corrected chi connectivity index (χ4v) is 2.77. The summed E-state index contributed by atoms with van der Waals surface area (Å²) in [7, 11) is 1.68. The maximum absolute atomic E-state index is 12.8. The van der Waals surface area contributed by atoms with Gasteiger partial charge in [0.25, 0.3) is 0 Å². The van der Waals surface area contributed by atoms with Gasteiger partial charge in [-0.1, -0.05) is 24.6 Å². The number of ether oxygens (including phenoxy) is 2. The van der Waals surface area contributed by atoms with Crippen LogP contribution in [0.15, 0.2) is 40.9 Å². The normalized spacial score (nSPS) is 15.8. The zero-order valence-electron chi connectivity index (χ0n) is 16.7. The van der Waals surface area contributed by atoms with Gasteiger partial charge in [0, 0.05) is 13.6 Å². The molecule has 0 aromatic heterocycles. The van der Waals surface area contributed by atoms with Crippen LogP contribution in [0.1, 0.15) is 31.7 Å². The first-order valence-electron chi connectivity index (χ1n) is 9.46. The highest BCUT2D eigenvalue weighted by Crippen LogP contribution is 2.31. The molecule has 0 saturated heterocycles. The van der Waals surface area contributed by atoms with Crippen LogP contribution in [0.2, 0.25) is 0 Å². The Kier molecular flexibility index (Phi) is 11.4. The topological polar surface area (TPSA) is 54.9 Å². The monoisotopic (exact) mass is 527 g/mol. The second kappa shape index (κ2) is 12.9. The van der Waals surface area contributed by atoms with Crippen molar-refractivity contribution in [3.05, 3.63) is 41.5 Å². The van der Waals surface area contributed by atoms with Crippen molar-refractivity contribution in [2.75, 3.05) is 33.4 Å². The average molecular weight is 527 g/mol. The number of aliphatic imine (C=N–C) groups is 1. The highest BCUT2D eigenvalue weighted by Gasteiger charge is 2.30. The van der Waals surface area contributed by atoms with E-state index in [-0.39, 0.29) is 35.8 Å². The molecule has 29 heavy (non-hydrogen) atoms. The van der Waals surface area contributed by atoms with Crippen molar-refractivity contribution in [3.8, 4) is 5.75 Å². The summed E-state index contributed by atoms with van der Waals surface area (Å²) in [5, 5.41) is 6.41. The molecule has 1 aliphatic rings. The number of nitrogens with zero attached hydrogens (tertiary/aromatic N) is 1. The highest BCUT2D eigenvalue weighted by atomic mass is 127. The summed E-state index contributed by atoms with van der Waals surface area (Å²) in [5.74, 6) is 0.844. The third-order valence-corrected chi connectivity index (χ3v) is 4.44. The van der Waals surface area contributed by atoms with Gasteiger partial charge in [-0.2, -0.15) is 13.2 Å². The standard InChI is InChI=1S/C20H28F3N3O2.HI/c1-3-17(28-18-6-4-5-16(13-18)20(21,22)23)14-26-19(24-2)25-10-7-15-8-11-27-12-9-15;/h4-6,8,13,17H,3,7,9-12,14H2,1-2H3,(H2,24,25,26);1H. The molecule has 0 aliphatic carbocycles. The van der Waals surface area contributed by atoms with Gasteiger partial charge in [-0.25, -0.2) is 0 Å². The third-order valence-electron chi connectivity index (χ3n) is 4.44. The Bertz CT molecular complexity index is 681. The fourth-order valence-electron chi connectivity index (χ4n) is 2.77. The first-order valence-corrected chi connectivity index (χ1v) is 9.46. The smallest absolute Gasteiger partial charge is 0.416 e. The Morgan fingerprint density at radius 1 is 1.31 bits per heavy atom. The SMILES string of the molecule is CCC(CNC(=NC)NCCC1=CCOCC1)Oc1cccc(C(F)(F)F)c1.I. The molecule has 2 N–H and O–H groups in total. The van der Waals surface area contributed by atoms with Crippen LogP contribution < -0.4 is 15.4 Å². The maximum atomic E-state index is 12.8. The number of halogens is 4. The van der Waals surface area contributed by atoms with Crippen molar-refractivity contribution in [2.45, 2.75) is 38.5 Å². The van der Waals surface area contributed by atoms with Crippen molar-refractivity contribution in [3.63, 3.8) is 0 Å². The largest absolute Gasteiger partial charge is 0.489 e. The van der Waals surface area contributed by atoms with E-state index in [2.05, 4.69) is 21.7 Å². The van der Waals surface area contributed by atoms with E-state index in [4.69, 9.17) is 9.47 Å². The van der Waals surface area contributed by atoms with E-state index >= 15 is 0 Å². The zero-order chi connectivity index (χ0) is 20.4. The number of rotatable bonds is 8. The molecule has 5 nitrogen and oxygen atoms in total. The first kappa shape index (κ1) is 25.5. The Balaban J connectivity index is 0.00000420. The van der Waals surface area contributed by atoms with Crippen molar-refractivity contribution in [2.24, 2.45) is 4.99 Å². The number of benzene rings is 1. The maximum Gasteiger partial charge on any atom is 0.416 e. The van der Waals surface area contributed by atoms with Crippen LogP contribution >= 0.6 is 24.0 Å². The molecule has 0 radical (unpaired) electrons. The average Bonchev–Trinajstić information content (AvgIpc) is 2.69. The lowest BCUT2D eigenvalue weighted by Gasteiger charge is -2.21. The van der Waals surface area contributed by atoms with Gasteiger partial charge in [0.2, 0.25) is 0 Å². The van der Waals surface area contributed by atoms with Gasteiger partial charge in [-0.05, 0) is 37.5 Å². The molecule has 2 rings (SSSR count). The second-order valence-electron chi connectivity index (χ2n) is 6.49. The number of nitrogens with one attached hydrogen (secondary N) is 2. The molecule has 1 aromatic rings. The van der Waals surface area contributed by atoms with Gasteiger partial charge in [-0.3, -0.25) is 4.99 Å².